The molecule has 1 atom stereocenters. The Hall–Kier alpha value is -1.42. The molecule has 1 unspecified atom stereocenters. The normalized spacial score (nSPS) is 12.5. The number of benzene rings is 1. The molecule has 0 aliphatic heterocycles. The van der Waals surface area contributed by atoms with E-state index in [2.05, 4.69) is 0 Å². The molecule has 1 N–H and O–H groups in total. The summed E-state index contributed by atoms with van der Waals surface area (Å²) in [6, 6.07) is 4.96. The predicted molar refractivity (Wildman–Crippen MR) is 57.8 cm³/mol. The van der Waals surface area contributed by atoms with E-state index in [-0.39, 0.29) is 5.69 Å². The molecular formula is C11H15NO3. The van der Waals surface area contributed by atoms with Gasteiger partial charge in [-0.05, 0) is 18.9 Å². The quantitative estimate of drug-likeness (QED) is 0.610. The summed E-state index contributed by atoms with van der Waals surface area (Å²) in [5.74, 6) is 0. The van der Waals surface area contributed by atoms with E-state index in [0.717, 1.165) is 5.56 Å². The van der Waals surface area contributed by atoms with Crippen LogP contribution in [-0.4, -0.2) is 16.1 Å². The summed E-state index contributed by atoms with van der Waals surface area (Å²) in [5.41, 5.74) is 1.59. The fourth-order valence-electron chi connectivity index (χ4n) is 1.50. The van der Waals surface area contributed by atoms with E-state index >= 15 is 0 Å². The van der Waals surface area contributed by atoms with Gasteiger partial charge in [-0.3, -0.25) is 10.1 Å². The van der Waals surface area contributed by atoms with Crippen molar-refractivity contribution in [3.63, 3.8) is 0 Å². The highest BCUT2D eigenvalue weighted by molar-refractivity contribution is 5.45. The Morgan fingerprint density at radius 1 is 1.53 bits per heavy atom. The number of rotatable bonds is 4. The van der Waals surface area contributed by atoms with Gasteiger partial charge < -0.3 is 5.11 Å². The lowest BCUT2D eigenvalue weighted by atomic mass is 9.99. The average Bonchev–Trinajstić information content (AvgIpc) is 2.20. The Morgan fingerprint density at radius 3 is 2.73 bits per heavy atom. The molecular weight excluding hydrogens is 194 g/mol. The molecule has 1 rings (SSSR count). The molecule has 4 nitrogen and oxygen atoms in total. The Balaban J connectivity index is 3.07. The zero-order chi connectivity index (χ0) is 11.4. The second kappa shape index (κ2) is 4.89. The first-order valence-corrected chi connectivity index (χ1v) is 4.97. The standard InChI is InChI=1S/C11H15NO3/c1-3-9(13)7-10-8(2)5-4-6-11(10)12(14)15/h4-6,9,13H,3,7H2,1-2H3. The Kier molecular flexibility index (Phi) is 3.80. The summed E-state index contributed by atoms with van der Waals surface area (Å²) in [6.07, 6.45) is 0.440. The average molecular weight is 209 g/mol. The molecule has 82 valence electrons. The van der Waals surface area contributed by atoms with E-state index in [1.807, 2.05) is 19.9 Å². The number of nitrogens with zero attached hydrogens (tertiary/aromatic N) is 1. The van der Waals surface area contributed by atoms with Gasteiger partial charge in [0.25, 0.3) is 5.69 Å². The van der Waals surface area contributed by atoms with Crippen molar-refractivity contribution >= 4 is 5.69 Å². The highest BCUT2D eigenvalue weighted by Crippen LogP contribution is 2.23. The van der Waals surface area contributed by atoms with E-state index in [1.54, 1.807) is 6.07 Å². The SMILES string of the molecule is CCC(O)Cc1c(C)cccc1[N+](=O)[O-]. The van der Waals surface area contributed by atoms with Crippen LogP contribution in [0.25, 0.3) is 0 Å². The zero-order valence-corrected chi connectivity index (χ0v) is 8.93. The molecule has 0 radical (unpaired) electrons. The van der Waals surface area contributed by atoms with Crippen LogP contribution in [0.1, 0.15) is 24.5 Å². The summed E-state index contributed by atoms with van der Waals surface area (Å²) in [5, 5.41) is 20.3. The number of aliphatic hydroxyl groups is 1. The number of hydrogen-bond donors (Lipinski definition) is 1. The summed E-state index contributed by atoms with van der Waals surface area (Å²) >= 11 is 0. The molecule has 0 heterocycles. The molecule has 0 amide bonds. The van der Waals surface area contributed by atoms with E-state index in [4.69, 9.17) is 0 Å². The molecule has 0 saturated heterocycles. The fraction of sp³-hybridized carbons (Fsp3) is 0.455. The summed E-state index contributed by atoms with van der Waals surface area (Å²) < 4.78 is 0. The van der Waals surface area contributed by atoms with Crippen LogP contribution in [-0.2, 0) is 6.42 Å². The molecule has 15 heavy (non-hydrogen) atoms. The van der Waals surface area contributed by atoms with Crippen LogP contribution in [0.2, 0.25) is 0 Å². The molecule has 0 fully saturated rings. The minimum Gasteiger partial charge on any atom is -0.393 e. The number of nitro groups is 1. The lowest BCUT2D eigenvalue weighted by Gasteiger charge is -2.10. The van der Waals surface area contributed by atoms with Crippen LogP contribution in [0.5, 0.6) is 0 Å². The summed E-state index contributed by atoms with van der Waals surface area (Å²) in [4.78, 5) is 10.4. The van der Waals surface area contributed by atoms with Gasteiger partial charge in [0.15, 0.2) is 0 Å². The second-order valence-corrected chi connectivity index (χ2v) is 3.60. The highest BCUT2D eigenvalue weighted by atomic mass is 16.6. The van der Waals surface area contributed by atoms with Gasteiger partial charge in [-0.1, -0.05) is 19.1 Å². The third kappa shape index (κ3) is 2.76. The number of aliphatic hydroxyl groups excluding tert-OH is 1. The second-order valence-electron chi connectivity index (χ2n) is 3.60. The molecule has 0 spiro atoms. The number of hydrogen-bond acceptors (Lipinski definition) is 3. The Labute approximate surface area is 88.7 Å². The summed E-state index contributed by atoms with van der Waals surface area (Å²) in [6.45, 7) is 3.68. The maximum absolute atomic E-state index is 10.8. The van der Waals surface area contributed by atoms with Crippen LogP contribution in [0.3, 0.4) is 0 Å². The lowest BCUT2D eigenvalue weighted by Crippen LogP contribution is -2.11. The molecule has 0 aliphatic rings. The van der Waals surface area contributed by atoms with Gasteiger partial charge in [-0.2, -0.15) is 0 Å². The van der Waals surface area contributed by atoms with Crippen molar-refractivity contribution in [1.29, 1.82) is 0 Å². The maximum atomic E-state index is 10.8. The highest BCUT2D eigenvalue weighted by Gasteiger charge is 2.17. The lowest BCUT2D eigenvalue weighted by molar-refractivity contribution is -0.385. The first kappa shape index (κ1) is 11.7. The number of nitro benzene ring substituents is 1. The third-order valence-electron chi connectivity index (χ3n) is 2.49. The van der Waals surface area contributed by atoms with Crippen LogP contribution in [0.15, 0.2) is 18.2 Å². The topological polar surface area (TPSA) is 63.4 Å². The van der Waals surface area contributed by atoms with Crippen molar-refractivity contribution in [3.05, 3.63) is 39.4 Å². The van der Waals surface area contributed by atoms with Crippen molar-refractivity contribution in [3.8, 4) is 0 Å². The molecule has 0 bridgehead atoms. The van der Waals surface area contributed by atoms with Crippen LogP contribution in [0, 0.1) is 17.0 Å². The van der Waals surface area contributed by atoms with Gasteiger partial charge in [0.1, 0.15) is 0 Å². The van der Waals surface area contributed by atoms with E-state index in [0.29, 0.717) is 18.4 Å². The van der Waals surface area contributed by atoms with Gasteiger partial charge in [0.2, 0.25) is 0 Å². The van der Waals surface area contributed by atoms with Crippen LogP contribution in [0.4, 0.5) is 5.69 Å². The van der Waals surface area contributed by atoms with Crippen molar-refractivity contribution < 1.29 is 10.0 Å². The van der Waals surface area contributed by atoms with E-state index in [9.17, 15) is 15.2 Å². The van der Waals surface area contributed by atoms with Crippen molar-refractivity contribution in [2.45, 2.75) is 32.8 Å². The first-order valence-electron chi connectivity index (χ1n) is 4.97. The van der Waals surface area contributed by atoms with Gasteiger partial charge in [0.05, 0.1) is 11.0 Å². The minimum absolute atomic E-state index is 0.0995. The number of aryl methyl sites for hydroxylation is 1. The van der Waals surface area contributed by atoms with Crippen molar-refractivity contribution in [1.82, 2.24) is 0 Å². The third-order valence-corrected chi connectivity index (χ3v) is 2.49. The Bertz CT molecular complexity index is 363. The molecule has 4 heteroatoms. The smallest absolute Gasteiger partial charge is 0.272 e. The van der Waals surface area contributed by atoms with E-state index < -0.39 is 11.0 Å². The zero-order valence-electron chi connectivity index (χ0n) is 8.93. The molecule has 0 aliphatic carbocycles. The molecule has 0 aromatic heterocycles. The van der Waals surface area contributed by atoms with Crippen molar-refractivity contribution in [2.24, 2.45) is 0 Å². The monoisotopic (exact) mass is 209 g/mol. The maximum Gasteiger partial charge on any atom is 0.272 e. The van der Waals surface area contributed by atoms with Gasteiger partial charge >= 0.3 is 0 Å². The Morgan fingerprint density at radius 2 is 2.20 bits per heavy atom. The predicted octanol–water partition coefficient (Wildman–Crippen LogP) is 2.22. The minimum atomic E-state index is -0.509. The van der Waals surface area contributed by atoms with Crippen LogP contribution >= 0.6 is 0 Å². The molecule has 0 saturated carbocycles. The molecule has 1 aromatic carbocycles. The van der Waals surface area contributed by atoms with Gasteiger partial charge in [-0.25, -0.2) is 0 Å². The van der Waals surface area contributed by atoms with Gasteiger partial charge in [-0.15, -0.1) is 0 Å². The molecule has 1 aromatic rings. The van der Waals surface area contributed by atoms with Gasteiger partial charge in [0, 0.05) is 18.1 Å². The van der Waals surface area contributed by atoms with Crippen molar-refractivity contribution in [2.75, 3.05) is 0 Å². The fourth-order valence-corrected chi connectivity index (χ4v) is 1.50. The summed E-state index contributed by atoms with van der Waals surface area (Å²) in [7, 11) is 0. The van der Waals surface area contributed by atoms with E-state index in [1.165, 1.54) is 6.07 Å². The van der Waals surface area contributed by atoms with Crippen LogP contribution < -0.4 is 0 Å². The largest absolute Gasteiger partial charge is 0.393 e. The first-order chi connectivity index (χ1) is 7.06.